The maximum Gasteiger partial charge on any atom is 0.231 e. The molecular weight excluding hydrogens is 506 g/mol. The summed E-state index contributed by atoms with van der Waals surface area (Å²) in [7, 11) is 0. The van der Waals surface area contributed by atoms with Crippen molar-refractivity contribution in [2.24, 2.45) is 0 Å². The molecule has 1 amide bonds. The molecule has 1 atom stereocenters. The standard InChI is InChI=1S/C32H33N3O5/c1-2-22-5-3-6-23-26(17-33-31(22)23)25(24-7-4-8-28-32(24)40-20-38-28)16-30(36)35-13-11-34(12-14-35)18-21-9-10-27-29(15-21)39-19-37-27/h3-10,15,17,25,33H,2,11-14,16,18-20H2,1H3/t25-/m1/s1. The minimum absolute atomic E-state index is 0.156. The lowest BCUT2D eigenvalue weighted by Crippen LogP contribution is -2.48. The van der Waals surface area contributed by atoms with Gasteiger partial charge in [-0.1, -0.05) is 43.3 Å². The maximum absolute atomic E-state index is 13.8. The van der Waals surface area contributed by atoms with E-state index in [4.69, 9.17) is 18.9 Å². The van der Waals surface area contributed by atoms with Gasteiger partial charge in [-0.2, -0.15) is 0 Å². The Bertz CT molecular complexity index is 1560. The van der Waals surface area contributed by atoms with Crippen LogP contribution in [0.2, 0.25) is 0 Å². The first-order valence-electron chi connectivity index (χ1n) is 14.0. The highest BCUT2D eigenvalue weighted by Crippen LogP contribution is 2.44. The van der Waals surface area contributed by atoms with Crippen molar-refractivity contribution in [2.45, 2.75) is 32.2 Å². The number of nitrogens with one attached hydrogen (secondary N) is 1. The third-order valence-electron chi connectivity index (χ3n) is 8.34. The summed E-state index contributed by atoms with van der Waals surface area (Å²) in [6, 6.07) is 18.5. The van der Waals surface area contributed by atoms with E-state index in [1.54, 1.807) is 0 Å². The lowest BCUT2D eigenvalue weighted by molar-refractivity contribution is -0.133. The van der Waals surface area contributed by atoms with Crippen molar-refractivity contribution in [1.82, 2.24) is 14.8 Å². The summed E-state index contributed by atoms with van der Waals surface area (Å²) in [5.74, 6) is 3.09. The largest absolute Gasteiger partial charge is 0.454 e. The van der Waals surface area contributed by atoms with Gasteiger partial charge in [0.1, 0.15) is 0 Å². The van der Waals surface area contributed by atoms with Crippen LogP contribution in [0.4, 0.5) is 0 Å². The molecule has 8 nitrogen and oxygen atoms in total. The molecule has 206 valence electrons. The predicted octanol–water partition coefficient (Wildman–Crippen LogP) is 5.05. The summed E-state index contributed by atoms with van der Waals surface area (Å²) in [6.45, 7) is 6.54. The molecule has 3 aliphatic rings. The molecule has 1 N–H and O–H groups in total. The zero-order valence-corrected chi connectivity index (χ0v) is 22.7. The second kappa shape index (κ2) is 10.4. The number of fused-ring (bicyclic) bond motifs is 3. The Labute approximate surface area is 233 Å². The quantitative estimate of drug-likeness (QED) is 0.354. The molecule has 0 spiro atoms. The summed E-state index contributed by atoms with van der Waals surface area (Å²) >= 11 is 0. The van der Waals surface area contributed by atoms with Crippen molar-refractivity contribution in [3.63, 3.8) is 0 Å². The van der Waals surface area contributed by atoms with Crippen LogP contribution < -0.4 is 18.9 Å². The normalized spacial score (nSPS) is 17.0. The van der Waals surface area contributed by atoms with Gasteiger partial charge < -0.3 is 28.8 Å². The first kappa shape index (κ1) is 24.8. The lowest BCUT2D eigenvalue weighted by atomic mass is 9.86. The van der Waals surface area contributed by atoms with Crippen LogP contribution in [0.1, 0.15) is 41.5 Å². The average Bonchev–Trinajstić information content (AvgIpc) is 3.75. The molecule has 40 heavy (non-hydrogen) atoms. The van der Waals surface area contributed by atoms with Crippen LogP contribution in [0, 0.1) is 0 Å². The molecule has 4 heterocycles. The molecule has 0 unspecified atom stereocenters. The number of aromatic amines is 1. The van der Waals surface area contributed by atoms with Crippen molar-refractivity contribution < 1.29 is 23.7 Å². The first-order chi connectivity index (χ1) is 19.7. The highest BCUT2D eigenvalue weighted by atomic mass is 16.7. The summed E-state index contributed by atoms with van der Waals surface area (Å²) in [5, 5.41) is 1.15. The number of carbonyl (C=O) groups excluding carboxylic acids is 1. The maximum atomic E-state index is 13.8. The third kappa shape index (κ3) is 4.52. The van der Waals surface area contributed by atoms with Gasteiger partial charge in [-0.25, -0.2) is 0 Å². The number of hydrogen-bond acceptors (Lipinski definition) is 6. The zero-order valence-electron chi connectivity index (χ0n) is 22.7. The molecule has 3 aromatic carbocycles. The third-order valence-corrected chi connectivity index (χ3v) is 8.34. The monoisotopic (exact) mass is 539 g/mol. The van der Waals surface area contributed by atoms with Crippen LogP contribution in [0.15, 0.2) is 60.8 Å². The molecular formula is C32H33N3O5. The zero-order chi connectivity index (χ0) is 27.1. The van der Waals surface area contributed by atoms with Crippen molar-refractivity contribution in [2.75, 3.05) is 39.8 Å². The van der Waals surface area contributed by atoms with Gasteiger partial charge in [0, 0.05) is 67.7 Å². The molecule has 7 rings (SSSR count). The highest BCUT2D eigenvalue weighted by molar-refractivity contribution is 5.88. The number of aryl methyl sites for hydroxylation is 1. The average molecular weight is 540 g/mol. The van der Waals surface area contributed by atoms with E-state index in [2.05, 4.69) is 59.4 Å². The Balaban J connectivity index is 1.10. The van der Waals surface area contributed by atoms with Crippen LogP contribution in [-0.2, 0) is 17.8 Å². The highest BCUT2D eigenvalue weighted by Gasteiger charge is 2.31. The molecule has 0 radical (unpaired) electrons. The van der Waals surface area contributed by atoms with Gasteiger partial charge in [0.25, 0.3) is 0 Å². The van der Waals surface area contributed by atoms with Crippen molar-refractivity contribution >= 4 is 16.8 Å². The van der Waals surface area contributed by atoms with E-state index >= 15 is 0 Å². The number of nitrogens with zero attached hydrogens (tertiary/aromatic N) is 2. The molecule has 8 heteroatoms. The van der Waals surface area contributed by atoms with Crippen molar-refractivity contribution in [1.29, 1.82) is 0 Å². The molecule has 4 aromatic rings. The summed E-state index contributed by atoms with van der Waals surface area (Å²) in [5.41, 5.74) is 5.70. The van der Waals surface area contributed by atoms with E-state index in [0.29, 0.717) is 19.5 Å². The molecule has 1 saturated heterocycles. The fraction of sp³-hybridized carbons (Fsp3) is 0.344. The van der Waals surface area contributed by atoms with Gasteiger partial charge in [0.05, 0.1) is 0 Å². The van der Waals surface area contributed by atoms with Gasteiger partial charge in [0.15, 0.2) is 23.0 Å². The number of aromatic nitrogens is 1. The Morgan fingerprint density at radius 2 is 1.68 bits per heavy atom. The van der Waals surface area contributed by atoms with E-state index < -0.39 is 0 Å². The molecule has 3 aliphatic heterocycles. The second-order valence-corrected chi connectivity index (χ2v) is 10.6. The molecule has 0 aliphatic carbocycles. The fourth-order valence-electron chi connectivity index (χ4n) is 6.19. The van der Waals surface area contributed by atoms with Gasteiger partial charge in [0.2, 0.25) is 19.5 Å². The minimum atomic E-state index is -0.156. The van der Waals surface area contributed by atoms with Crippen LogP contribution in [-0.4, -0.2) is 60.5 Å². The van der Waals surface area contributed by atoms with Gasteiger partial charge in [-0.15, -0.1) is 0 Å². The van der Waals surface area contributed by atoms with Crippen LogP contribution in [0.5, 0.6) is 23.0 Å². The van der Waals surface area contributed by atoms with E-state index in [1.165, 1.54) is 11.1 Å². The van der Waals surface area contributed by atoms with E-state index in [0.717, 1.165) is 71.1 Å². The van der Waals surface area contributed by atoms with Gasteiger partial charge in [-0.3, -0.25) is 9.69 Å². The number of amides is 1. The van der Waals surface area contributed by atoms with Crippen LogP contribution in [0.25, 0.3) is 10.9 Å². The Morgan fingerprint density at radius 3 is 2.55 bits per heavy atom. The number of benzene rings is 3. The molecule has 0 bridgehead atoms. The number of H-pyrrole nitrogens is 1. The Kier molecular flexibility index (Phi) is 6.48. The van der Waals surface area contributed by atoms with Crippen molar-refractivity contribution in [3.05, 3.63) is 83.0 Å². The summed E-state index contributed by atoms with van der Waals surface area (Å²) in [4.78, 5) is 21.7. The topological polar surface area (TPSA) is 76.3 Å². The summed E-state index contributed by atoms with van der Waals surface area (Å²) in [6.07, 6.45) is 3.38. The molecule has 1 fully saturated rings. The number of rotatable bonds is 7. The van der Waals surface area contributed by atoms with Gasteiger partial charge in [-0.05, 0) is 41.3 Å². The Morgan fingerprint density at radius 1 is 0.875 bits per heavy atom. The fourth-order valence-corrected chi connectivity index (χ4v) is 6.19. The summed E-state index contributed by atoms with van der Waals surface area (Å²) < 4.78 is 22.6. The number of piperazine rings is 1. The van der Waals surface area contributed by atoms with Crippen molar-refractivity contribution in [3.8, 4) is 23.0 Å². The molecule has 0 saturated carbocycles. The Hall–Kier alpha value is -4.17. The number of ether oxygens (including phenoxy) is 4. The minimum Gasteiger partial charge on any atom is -0.454 e. The SMILES string of the molecule is CCc1cccc2c([C@H](CC(=O)N3CCN(Cc4ccc5c(c4)OCO5)CC3)c3cccc4c3OCO4)c[nH]c12. The van der Waals surface area contributed by atoms with Gasteiger partial charge >= 0.3 is 0 Å². The van der Waals surface area contributed by atoms with Crippen LogP contribution >= 0.6 is 0 Å². The van der Waals surface area contributed by atoms with E-state index in [9.17, 15) is 4.79 Å². The smallest absolute Gasteiger partial charge is 0.231 e. The lowest BCUT2D eigenvalue weighted by Gasteiger charge is -2.35. The van der Waals surface area contributed by atoms with E-state index in [-0.39, 0.29) is 25.4 Å². The van der Waals surface area contributed by atoms with E-state index in [1.807, 2.05) is 23.1 Å². The molecule has 1 aromatic heterocycles. The predicted molar refractivity (Wildman–Crippen MR) is 151 cm³/mol. The first-order valence-corrected chi connectivity index (χ1v) is 14.0. The number of hydrogen-bond donors (Lipinski definition) is 1. The second-order valence-electron chi connectivity index (χ2n) is 10.6. The van der Waals surface area contributed by atoms with Crippen LogP contribution in [0.3, 0.4) is 0 Å². The number of para-hydroxylation sites is 2. The number of carbonyl (C=O) groups is 1.